The van der Waals surface area contributed by atoms with Crippen LogP contribution in [0.15, 0.2) is 36.4 Å². The summed E-state index contributed by atoms with van der Waals surface area (Å²) in [6, 6.07) is 11.0. The van der Waals surface area contributed by atoms with Crippen molar-refractivity contribution in [1.82, 2.24) is 9.97 Å². The summed E-state index contributed by atoms with van der Waals surface area (Å²) in [6.07, 6.45) is 0.229. The molecule has 2 heterocycles. The van der Waals surface area contributed by atoms with Gasteiger partial charge in [-0.25, -0.2) is 4.98 Å². The Hall–Kier alpha value is -2.38. The number of benzene rings is 1. The van der Waals surface area contributed by atoms with E-state index in [2.05, 4.69) is 22.2 Å². The lowest BCUT2D eigenvalue weighted by Gasteiger charge is -2.39. The van der Waals surface area contributed by atoms with Gasteiger partial charge in [-0.05, 0) is 18.6 Å². The molecule has 1 aromatic heterocycles. The molecule has 0 bridgehead atoms. The monoisotopic (exact) mass is 361 g/mol. The van der Waals surface area contributed by atoms with Gasteiger partial charge < -0.3 is 20.7 Å². The average molecular weight is 362 g/mol. The van der Waals surface area contributed by atoms with Crippen LogP contribution in [0.3, 0.4) is 0 Å². The molecule has 3 N–H and O–H groups in total. The van der Waals surface area contributed by atoms with Gasteiger partial charge in [-0.1, -0.05) is 36.7 Å². The van der Waals surface area contributed by atoms with Crippen molar-refractivity contribution in [2.75, 3.05) is 29.1 Å². The Labute approximate surface area is 151 Å². The fourth-order valence-corrected chi connectivity index (χ4v) is 2.97. The van der Waals surface area contributed by atoms with E-state index in [0.717, 1.165) is 12.1 Å². The van der Waals surface area contributed by atoms with Crippen molar-refractivity contribution in [2.45, 2.75) is 25.5 Å². The number of amides is 1. The summed E-state index contributed by atoms with van der Waals surface area (Å²) >= 11 is 6.00. The maximum atomic E-state index is 12.5. The number of aromatic nitrogens is 2. The molecule has 1 aliphatic heterocycles. The normalized spacial score (nSPS) is 20.3. The van der Waals surface area contributed by atoms with Crippen molar-refractivity contribution in [3.8, 4) is 0 Å². The summed E-state index contributed by atoms with van der Waals surface area (Å²) < 4.78 is 5.77. The summed E-state index contributed by atoms with van der Waals surface area (Å²) in [6.45, 7) is 2.84. The molecule has 7 nitrogen and oxygen atoms in total. The highest BCUT2D eigenvalue weighted by Crippen LogP contribution is 2.25. The molecule has 1 amide bonds. The zero-order chi connectivity index (χ0) is 17.8. The first-order valence-corrected chi connectivity index (χ1v) is 8.49. The number of nitrogens with one attached hydrogen (secondary N) is 1. The van der Waals surface area contributed by atoms with Gasteiger partial charge in [-0.15, -0.1) is 0 Å². The van der Waals surface area contributed by atoms with E-state index >= 15 is 0 Å². The Bertz CT molecular complexity index is 723. The van der Waals surface area contributed by atoms with Crippen LogP contribution in [0, 0.1) is 0 Å². The number of halogens is 1. The first-order chi connectivity index (χ1) is 12.1. The van der Waals surface area contributed by atoms with E-state index in [9.17, 15) is 4.79 Å². The third kappa shape index (κ3) is 4.18. The molecular formula is C17H20ClN5O2. The molecule has 0 spiro atoms. The van der Waals surface area contributed by atoms with Crippen LogP contribution in [0.5, 0.6) is 0 Å². The second-order valence-corrected chi connectivity index (χ2v) is 6.19. The first-order valence-electron chi connectivity index (χ1n) is 8.11. The molecule has 1 aliphatic rings. The van der Waals surface area contributed by atoms with Crippen LogP contribution in [-0.4, -0.2) is 41.2 Å². The van der Waals surface area contributed by atoms with Gasteiger partial charge in [0.15, 0.2) is 6.10 Å². The van der Waals surface area contributed by atoms with E-state index in [1.165, 1.54) is 0 Å². The molecule has 0 aliphatic carbocycles. The van der Waals surface area contributed by atoms with Gasteiger partial charge in [-0.2, -0.15) is 4.98 Å². The van der Waals surface area contributed by atoms with Crippen LogP contribution >= 0.6 is 11.6 Å². The molecule has 1 aromatic carbocycles. The second kappa shape index (κ2) is 7.67. The van der Waals surface area contributed by atoms with Crippen molar-refractivity contribution in [3.05, 3.63) is 41.6 Å². The van der Waals surface area contributed by atoms with Crippen molar-refractivity contribution < 1.29 is 9.53 Å². The molecule has 132 valence electrons. The van der Waals surface area contributed by atoms with Gasteiger partial charge >= 0.3 is 0 Å². The minimum atomic E-state index is -0.613. The summed E-state index contributed by atoms with van der Waals surface area (Å²) in [5, 5.41) is 3.14. The Balaban J connectivity index is 1.77. The van der Waals surface area contributed by atoms with Crippen LogP contribution in [0.4, 0.5) is 17.5 Å². The number of rotatable bonds is 4. The topological polar surface area (TPSA) is 93.4 Å². The molecule has 0 unspecified atom stereocenters. The highest BCUT2D eigenvalue weighted by molar-refractivity contribution is 6.29. The summed E-state index contributed by atoms with van der Waals surface area (Å²) in [7, 11) is 0. The molecular weight excluding hydrogens is 342 g/mol. The van der Waals surface area contributed by atoms with Gasteiger partial charge in [0.25, 0.3) is 5.91 Å². The molecule has 1 saturated heterocycles. The van der Waals surface area contributed by atoms with Crippen LogP contribution in [0.2, 0.25) is 5.15 Å². The van der Waals surface area contributed by atoms with Crippen molar-refractivity contribution in [1.29, 1.82) is 0 Å². The number of nitrogen functional groups attached to an aromatic ring is 1. The standard InChI is InChI=1S/C17H20ClN5O2/c1-2-12-10-25-13(16(24)20-11-6-4-3-5-7-11)9-23(12)15-8-14(18)21-17(19)22-15/h3-8,12-13H,2,9-10H2,1H3,(H,20,24)(H2,19,21,22)/t12-,13+/m1/s1. The Morgan fingerprint density at radius 3 is 2.84 bits per heavy atom. The molecule has 2 atom stereocenters. The maximum absolute atomic E-state index is 12.5. The smallest absolute Gasteiger partial charge is 0.255 e. The van der Waals surface area contributed by atoms with E-state index < -0.39 is 6.10 Å². The quantitative estimate of drug-likeness (QED) is 0.812. The molecule has 3 rings (SSSR count). The number of carbonyl (C=O) groups excluding carboxylic acids is 1. The molecule has 25 heavy (non-hydrogen) atoms. The van der Waals surface area contributed by atoms with E-state index in [0.29, 0.717) is 19.0 Å². The van der Waals surface area contributed by atoms with Gasteiger partial charge in [-0.3, -0.25) is 4.79 Å². The number of anilines is 3. The third-order valence-electron chi connectivity index (χ3n) is 4.09. The lowest BCUT2D eigenvalue weighted by atomic mass is 10.1. The van der Waals surface area contributed by atoms with Gasteiger partial charge in [0, 0.05) is 11.8 Å². The average Bonchev–Trinajstić information content (AvgIpc) is 2.61. The van der Waals surface area contributed by atoms with Crippen LogP contribution < -0.4 is 16.0 Å². The van der Waals surface area contributed by atoms with Gasteiger partial charge in [0.2, 0.25) is 5.95 Å². The molecule has 1 fully saturated rings. The van der Waals surface area contributed by atoms with Gasteiger partial charge in [0.05, 0.1) is 19.2 Å². The number of nitrogens with zero attached hydrogens (tertiary/aromatic N) is 3. The van der Waals surface area contributed by atoms with E-state index in [1.54, 1.807) is 6.07 Å². The SMILES string of the molecule is CC[C@@H]1CO[C@H](C(=O)Nc2ccccc2)CN1c1cc(Cl)nc(N)n1. The predicted molar refractivity (Wildman–Crippen MR) is 97.7 cm³/mol. The fourth-order valence-electron chi connectivity index (χ4n) is 2.79. The third-order valence-corrected chi connectivity index (χ3v) is 4.28. The van der Waals surface area contributed by atoms with Crippen LogP contribution in [-0.2, 0) is 9.53 Å². The predicted octanol–water partition coefficient (Wildman–Crippen LogP) is 2.33. The number of morpholine rings is 1. The number of hydrogen-bond acceptors (Lipinski definition) is 6. The Morgan fingerprint density at radius 2 is 2.16 bits per heavy atom. The molecule has 2 aromatic rings. The minimum Gasteiger partial charge on any atom is -0.368 e. The first kappa shape index (κ1) is 17.4. The maximum Gasteiger partial charge on any atom is 0.255 e. The molecule has 0 saturated carbocycles. The zero-order valence-electron chi connectivity index (χ0n) is 13.9. The summed E-state index contributed by atoms with van der Waals surface area (Å²) in [5.41, 5.74) is 6.44. The summed E-state index contributed by atoms with van der Waals surface area (Å²) in [5.74, 6) is 0.512. The number of carbonyl (C=O) groups is 1. The number of para-hydroxylation sites is 1. The number of hydrogen-bond donors (Lipinski definition) is 2. The highest BCUT2D eigenvalue weighted by atomic mass is 35.5. The Morgan fingerprint density at radius 1 is 1.40 bits per heavy atom. The van der Waals surface area contributed by atoms with Crippen molar-refractivity contribution >= 4 is 35.0 Å². The largest absolute Gasteiger partial charge is 0.368 e. The van der Waals surface area contributed by atoms with E-state index in [4.69, 9.17) is 22.1 Å². The highest BCUT2D eigenvalue weighted by Gasteiger charge is 2.33. The minimum absolute atomic E-state index is 0.0890. The molecule has 8 heteroatoms. The van der Waals surface area contributed by atoms with Crippen molar-refractivity contribution in [3.63, 3.8) is 0 Å². The second-order valence-electron chi connectivity index (χ2n) is 5.80. The number of ether oxygens (including phenoxy) is 1. The Kier molecular flexibility index (Phi) is 5.35. The van der Waals surface area contributed by atoms with Gasteiger partial charge in [0.1, 0.15) is 11.0 Å². The van der Waals surface area contributed by atoms with E-state index in [-0.39, 0.29) is 23.1 Å². The fraction of sp³-hybridized carbons (Fsp3) is 0.353. The van der Waals surface area contributed by atoms with Crippen LogP contribution in [0.25, 0.3) is 0 Å². The van der Waals surface area contributed by atoms with Crippen LogP contribution in [0.1, 0.15) is 13.3 Å². The molecule has 0 radical (unpaired) electrons. The summed E-state index contributed by atoms with van der Waals surface area (Å²) in [4.78, 5) is 22.7. The van der Waals surface area contributed by atoms with Crippen molar-refractivity contribution in [2.24, 2.45) is 0 Å². The lowest BCUT2D eigenvalue weighted by Crippen LogP contribution is -2.53. The lowest BCUT2D eigenvalue weighted by molar-refractivity contribution is -0.129. The number of nitrogens with two attached hydrogens (primary N) is 1. The van der Waals surface area contributed by atoms with E-state index in [1.807, 2.05) is 35.2 Å². The zero-order valence-corrected chi connectivity index (χ0v) is 14.6.